The minimum Gasteiger partial charge on any atom is -0.391 e. The SMILES string of the molecule is O=S1CCN([C@@H]2CCC[C@H]2O)CC1. The largest absolute Gasteiger partial charge is 0.391 e. The molecule has 2 rings (SSSR count). The van der Waals surface area contributed by atoms with E-state index in [1.54, 1.807) is 0 Å². The van der Waals surface area contributed by atoms with Gasteiger partial charge < -0.3 is 5.11 Å². The van der Waals surface area contributed by atoms with E-state index in [4.69, 9.17) is 0 Å². The molecule has 0 unspecified atom stereocenters. The first-order valence-corrected chi connectivity index (χ1v) is 6.53. The molecule has 0 aromatic heterocycles. The van der Waals surface area contributed by atoms with Gasteiger partial charge in [0, 0.05) is 41.4 Å². The first kappa shape index (κ1) is 9.62. The topological polar surface area (TPSA) is 40.5 Å². The first-order valence-electron chi connectivity index (χ1n) is 5.04. The standard InChI is InChI=1S/C9H17NO2S/c11-9-3-1-2-8(9)10-4-6-13(12)7-5-10/h8-9,11H,1-7H2/t8-,9-/m1/s1. The fraction of sp³-hybridized carbons (Fsp3) is 1.00. The van der Waals surface area contributed by atoms with Crippen molar-refractivity contribution in [2.24, 2.45) is 0 Å². The Kier molecular flexibility index (Phi) is 3.01. The Hall–Kier alpha value is 0.0700. The van der Waals surface area contributed by atoms with E-state index in [9.17, 15) is 9.32 Å². The van der Waals surface area contributed by atoms with E-state index >= 15 is 0 Å². The third kappa shape index (κ3) is 2.11. The number of hydrogen-bond donors (Lipinski definition) is 1. The van der Waals surface area contributed by atoms with E-state index in [1.165, 1.54) is 0 Å². The Balaban J connectivity index is 1.90. The summed E-state index contributed by atoms with van der Waals surface area (Å²) in [4.78, 5) is 2.32. The molecule has 1 saturated heterocycles. The third-order valence-electron chi connectivity index (χ3n) is 3.13. The Labute approximate surface area is 81.6 Å². The second-order valence-electron chi connectivity index (χ2n) is 3.95. The summed E-state index contributed by atoms with van der Waals surface area (Å²) < 4.78 is 11.1. The maximum absolute atomic E-state index is 11.1. The van der Waals surface area contributed by atoms with Crippen molar-refractivity contribution in [3.63, 3.8) is 0 Å². The smallest absolute Gasteiger partial charge is 0.0695 e. The summed E-state index contributed by atoms with van der Waals surface area (Å²) in [5.74, 6) is 1.59. The monoisotopic (exact) mass is 203 g/mol. The second kappa shape index (κ2) is 4.07. The van der Waals surface area contributed by atoms with Gasteiger partial charge in [-0.2, -0.15) is 0 Å². The maximum Gasteiger partial charge on any atom is 0.0695 e. The van der Waals surface area contributed by atoms with Gasteiger partial charge in [-0.3, -0.25) is 9.11 Å². The predicted molar refractivity (Wildman–Crippen MR) is 53.1 cm³/mol. The van der Waals surface area contributed by atoms with Crippen LogP contribution in [-0.4, -0.2) is 51.0 Å². The Morgan fingerprint density at radius 3 is 2.46 bits per heavy atom. The van der Waals surface area contributed by atoms with Gasteiger partial charge in [-0.25, -0.2) is 0 Å². The molecular formula is C9H17NO2S. The maximum atomic E-state index is 11.1. The van der Waals surface area contributed by atoms with Crippen molar-refractivity contribution in [1.29, 1.82) is 0 Å². The first-order chi connectivity index (χ1) is 6.27. The predicted octanol–water partition coefficient (Wildman–Crippen LogP) is -0.0359. The van der Waals surface area contributed by atoms with Crippen LogP contribution in [0.2, 0.25) is 0 Å². The molecular weight excluding hydrogens is 186 g/mol. The molecule has 2 fully saturated rings. The molecule has 0 aromatic carbocycles. The van der Waals surface area contributed by atoms with Crippen molar-refractivity contribution in [3.05, 3.63) is 0 Å². The van der Waals surface area contributed by atoms with Crippen molar-refractivity contribution in [3.8, 4) is 0 Å². The molecule has 0 amide bonds. The van der Waals surface area contributed by atoms with E-state index in [0.29, 0.717) is 6.04 Å². The summed E-state index contributed by atoms with van der Waals surface area (Å²) in [5.41, 5.74) is 0. The van der Waals surface area contributed by atoms with Gasteiger partial charge in [-0.15, -0.1) is 0 Å². The summed E-state index contributed by atoms with van der Waals surface area (Å²) in [5, 5.41) is 9.69. The summed E-state index contributed by atoms with van der Waals surface area (Å²) in [7, 11) is -0.596. The van der Waals surface area contributed by atoms with Gasteiger partial charge >= 0.3 is 0 Å². The van der Waals surface area contributed by atoms with Gasteiger partial charge in [0.25, 0.3) is 0 Å². The molecule has 1 heterocycles. The lowest BCUT2D eigenvalue weighted by atomic mass is 10.2. The molecule has 0 aromatic rings. The quantitative estimate of drug-likeness (QED) is 0.650. The van der Waals surface area contributed by atoms with E-state index in [0.717, 1.165) is 43.9 Å². The summed E-state index contributed by atoms with van der Waals surface area (Å²) >= 11 is 0. The zero-order valence-electron chi connectivity index (χ0n) is 7.82. The van der Waals surface area contributed by atoms with Crippen LogP contribution in [0.15, 0.2) is 0 Å². The molecule has 13 heavy (non-hydrogen) atoms. The van der Waals surface area contributed by atoms with Crippen LogP contribution in [0.25, 0.3) is 0 Å². The van der Waals surface area contributed by atoms with E-state index in [-0.39, 0.29) is 6.10 Å². The molecule has 1 aliphatic carbocycles. The summed E-state index contributed by atoms with van der Waals surface area (Å²) in [6, 6.07) is 0.359. The average Bonchev–Trinajstić information content (AvgIpc) is 2.53. The number of hydrogen-bond acceptors (Lipinski definition) is 3. The minimum absolute atomic E-state index is 0.133. The number of aliphatic hydroxyl groups is 1. The number of nitrogens with zero attached hydrogens (tertiary/aromatic N) is 1. The summed E-state index contributed by atoms with van der Waals surface area (Å²) in [6.45, 7) is 1.82. The molecule has 2 atom stereocenters. The van der Waals surface area contributed by atoms with Gasteiger partial charge in [0.2, 0.25) is 0 Å². The average molecular weight is 203 g/mol. The van der Waals surface area contributed by atoms with Gasteiger partial charge in [0.1, 0.15) is 0 Å². The highest BCUT2D eigenvalue weighted by molar-refractivity contribution is 7.85. The van der Waals surface area contributed by atoms with Gasteiger partial charge in [0.15, 0.2) is 0 Å². The lowest BCUT2D eigenvalue weighted by Crippen LogP contribution is -2.47. The Morgan fingerprint density at radius 1 is 1.23 bits per heavy atom. The van der Waals surface area contributed by atoms with Crippen LogP contribution in [-0.2, 0) is 10.8 Å². The molecule has 0 radical (unpaired) electrons. The van der Waals surface area contributed by atoms with E-state index in [1.807, 2.05) is 0 Å². The normalized spacial score (nSPS) is 38.2. The highest BCUT2D eigenvalue weighted by Crippen LogP contribution is 2.24. The van der Waals surface area contributed by atoms with Crippen LogP contribution in [0.3, 0.4) is 0 Å². The highest BCUT2D eigenvalue weighted by Gasteiger charge is 2.32. The van der Waals surface area contributed by atoms with E-state index in [2.05, 4.69) is 4.90 Å². The third-order valence-corrected chi connectivity index (χ3v) is 4.40. The van der Waals surface area contributed by atoms with Gasteiger partial charge in [0.05, 0.1) is 6.10 Å². The highest BCUT2D eigenvalue weighted by atomic mass is 32.2. The lowest BCUT2D eigenvalue weighted by molar-refractivity contribution is 0.0764. The molecule has 1 saturated carbocycles. The van der Waals surface area contributed by atoms with Crippen molar-refractivity contribution in [1.82, 2.24) is 4.90 Å². The van der Waals surface area contributed by atoms with Crippen molar-refractivity contribution >= 4 is 10.8 Å². The molecule has 1 N–H and O–H groups in total. The summed E-state index contributed by atoms with van der Waals surface area (Å²) in [6.07, 6.45) is 3.08. The van der Waals surface area contributed by atoms with E-state index < -0.39 is 10.8 Å². The number of aliphatic hydroxyl groups excluding tert-OH is 1. The zero-order chi connectivity index (χ0) is 9.26. The van der Waals surface area contributed by atoms with Crippen LogP contribution < -0.4 is 0 Å². The molecule has 0 bridgehead atoms. The van der Waals surface area contributed by atoms with Crippen LogP contribution in [0, 0.1) is 0 Å². The second-order valence-corrected chi connectivity index (χ2v) is 5.65. The fourth-order valence-electron chi connectivity index (χ4n) is 2.33. The van der Waals surface area contributed by atoms with Crippen molar-refractivity contribution < 1.29 is 9.32 Å². The van der Waals surface area contributed by atoms with Crippen molar-refractivity contribution in [2.75, 3.05) is 24.6 Å². The Morgan fingerprint density at radius 2 is 1.92 bits per heavy atom. The van der Waals surface area contributed by atoms with Crippen molar-refractivity contribution in [2.45, 2.75) is 31.4 Å². The molecule has 3 nitrogen and oxygen atoms in total. The fourth-order valence-corrected chi connectivity index (χ4v) is 3.41. The lowest BCUT2D eigenvalue weighted by Gasteiger charge is -2.33. The van der Waals surface area contributed by atoms with Crippen LogP contribution in [0.4, 0.5) is 0 Å². The molecule has 0 spiro atoms. The van der Waals surface area contributed by atoms with Crippen LogP contribution in [0.1, 0.15) is 19.3 Å². The molecule has 1 aliphatic heterocycles. The van der Waals surface area contributed by atoms with Gasteiger partial charge in [-0.05, 0) is 19.3 Å². The Bertz CT molecular complexity index is 200. The molecule has 4 heteroatoms. The van der Waals surface area contributed by atoms with Gasteiger partial charge in [-0.1, -0.05) is 0 Å². The van der Waals surface area contributed by atoms with Crippen LogP contribution in [0.5, 0.6) is 0 Å². The number of rotatable bonds is 1. The zero-order valence-corrected chi connectivity index (χ0v) is 8.63. The van der Waals surface area contributed by atoms with Crippen LogP contribution >= 0.6 is 0 Å². The molecule has 2 aliphatic rings. The minimum atomic E-state index is -0.596. The molecule has 76 valence electrons.